The van der Waals surface area contributed by atoms with Crippen molar-refractivity contribution in [1.82, 2.24) is 20.1 Å². The fourth-order valence-corrected chi connectivity index (χ4v) is 7.22. The molecule has 0 bridgehead atoms. The average molecular weight is 604 g/mol. The smallest absolute Gasteiger partial charge is 0.338 e. The summed E-state index contributed by atoms with van der Waals surface area (Å²) in [5.74, 6) is -5.88. The van der Waals surface area contributed by atoms with Crippen molar-refractivity contribution >= 4 is 29.1 Å². The lowest BCUT2D eigenvalue weighted by atomic mass is 9.79. The number of nitrogens with one attached hydrogen (secondary N) is 1. The number of alkyl halides is 2. The Bertz CT molecular complexity index is 1440. The van der Waals surface area contributed by atoms with Gasteiger partial charge in [-0.1, -0.05) is 12.1 Å². The molecule has 2 N–H and O–H groups in total. The highest BCUT2D eigenvalue weighted by Crippen LogP contribution is 2.46. The highest BCUT2D eigenvalue weighted by atomic mass is 32.1. The average Bonchev–Trinajstić information content (AvgIpc) is 3.64. The number of carboxylic acids is 1. The van der Waals surface area contributed by atoms with Crippen LogP contribution in [-0.4, -0.2) is 88.5 Å². The van der Waals surface area contributed by atoms with Crippen molar-refractivity contribution in [2.24, 2.45) is 16.8 Å². The number of carboxylic acid groups (broad SMARTS) is 1. The summed E-state index contributed by atoms with van der Waals surface area (Å²) in [5.41, 5.74) is 1.32. The van der Waals surface area contributed by atoms with Crippen LogP contribution in [0.4, 0.5) is 13.2 Å². The van der Waals surface area contributed by atoms with Crippen LogP contribution in [0.2, 0.25) is 0 Å². The van der Waals surface area contributed by atoms with E-state index in [1.807, 2.05) is 4.90 Å². The number of thiazole rings is 1. The van der Waals surface area contributed by atoms with Crippen LogP contribution in [0.15, 0.2) is 46.0 Å². The Labute approximate surface area is 245 Å². The normalized spacial score (nSPS) is 29.1. The first-order valence-corrected chi connectivity index (χ1v) is 14.9. The van der Waals surface area contributed by atoms with E-state index in [9.17, 15) is 19.1 Å². The van der Waals surface area contributed by atoms with Crippen molar-refractivity contribution in [3.05, 3.63) is 63.0 Å². The summed E-state index contributed by atoms with van der Waals surface area (Å²) in [6.45, 7) is 3.48. The van der Waals surface area contributed by atoms with Crippen molar-refractivity contribution in [3.8, 4) is 0 Å². The molecule has 13 heteroatoms. The number of carbonyl (C=O) groups is 2. The van der Waals surface area contributed by atoms with Crippen molar-refractivity contribution in [2.75, 3.05) is 32.8 Å². The van der Waals surface area contributed by atoms with Crippen LogP contribution in [0, 0.1) is 24.6 Å². The Kier molecular flexibility index (Phi) is 7.60. The van der Waals surface area contributed by atoms with E-state index < -0.39 is 54.1 Å². The molecule has 3 fully saturated rings. The SMILES string of the molecule is CCOC(=O)C1=C(CN2CC(F)(F)[C@@H]3CN([C@H]4C[C@H](C(=O)O)C4)C[C@@H]32)NC(c2nccs2)=N[C@H]1c1cccc(F)c1C. The van der Waals surface area contributed by atoms with E-state index in [-0.39, 0.29) is 31.3 Å². The Morgan fingerprint density at radius 1 is 1.26 bits per heavy atom. The zero-order valence-corrected chi connectivity index (χ0v) is 24.0. The zero-order chi connectivity index (χ0) is 29.8. The van der Waals surface area contributed by atoms with E-state index in [0.717, 1.165) is 0 Å². The second kappa shape index (κ2) is 11.1. The third-order valence-corrected chi connectivity index (χ3v) is 9.72. The second-order valence-electron chi connectivity index (χ2n) is 11.4. The Hall–Kier alpha value is -3.29. The number of halogens is 3. The number of ether oxygens (including phenoxy) is 1. The Morgan fingerprint density at radius 3 is 2.74 bits per heavy atom. The predicted octanol–water partition coefficient (Wildman–Crippen LogP) is 3.61. The van der Waals surface area contributed by atoms with Gasteiger partial charge in [0, 0.05) is 49.0 Å². The number of hydrogen-bond donors (Lipinski definition) is 2. The summed E-state index contributed by atoms with van der Waals surface area (Å²) in [7, 11) is 0. The first-order valence-electron chi connectivity index (χ1n) is 14.1. The lowest BCUT2D eigenvalue weighted by Crippen LogP contribution is -2.49. The van der Waals surface area contributed by atoms with Crippen molar-refractivity contribution < 1.29 is 32.6 Å². The molecule has 0 unspecified atom stereocenters. The molecule has 3 atom stereocenters. The summed E-state index contributed by atoms with van der Waals surface area (Å²) < 4.78 is 51.0. The molecule has 1 aromatic carbocycles. The number of fused-ring (bicyclic) bond motifs is 1. The van der Waals surface area contributed by atoms with Crippen LogP contribution in [0.5, 0.6) is 0 Å². The van der Waals surface area contributed by atoms with Crippen LogP contribution >= 0.6 is 11.3 Å². The number of hydrogen-bond acceptors (Lipinski definition) is 9. The number of amidine groups is 1. The molecule has 224 valence electrons. The molecule has 1 aliphatic carbocycles. The van der Waals surface area contributed by atoms with E-state index in [1.54, 1.807) is 42.5 Å². The quantitative estimate of drug-likeness (QED) is 0.441. The first kappa shape index (κ1) is 28.8. The summed E-state index contributed by atoms with van der Waals surface area (Å²) in [6.07, 6.45) is 2.54. The molecule has 9 nitrogen and oxygen atoms in total. The highest BCUT2D eigenvalue weighted by molar-refractivity contribution is 7.11. The van der Waals surface area contributed by atoms with Gasteiger partial charge in [-0.15, -0.1) is 11.3 Å². The number of rotatable bonds is 8. The predicted molar refractivity (Wildman–Crippen MR) is 149 cm³/mol. The van der Waals surface area contributed by atoms with E-state index >= 15 is 8.78 Å². The fourth-order valence-electron chi connectivity index (χ4n) is 6.63. The molecule has 6 rings (SSSR count). The number of nitrogens with zero attached hydrogens (tertiary/aromatic N) is 4. The summed E-state index contributed by atoms with van der Waals surface area (Å²) >= 11 is 1.33. The lowest BCUT2D eigenvalue weighted by Gasteiger charge is -2.40. The minimum absolute atomic E-state index is 0.00355. The monoisotopic (exact) mass is 603 g/mol. The minimum atomic E-state index is -2.96. The number of aliphatic imine (C=N–C) groups is 1. The van der Waals surface area contributed by atoms with E-state index in [4.69, 9.17) is 9.73 Å². The van der Waals surface area contributed by atoms with Gasteiger partial charge in [0.1, 0.15) is 11.9 Å². The fraction of sp³-hybridized carbons (Fsp3) is 0.517. The third-order valence-electron chi connectivity index (χ3n) is 8.94. The van der Waals surface area contributed by atoms with Crippen LogP contribution < -0.4 is 5.32 Å². The molecule has 0 amide bonds. The Balaban J connectivity index is 1.35. The van der Waals surface area contributed by atoms with Gasteiger partial charge in [-0.05, 0) is 43.9 Å². The highest BCUT2D eigenvalue weighted by Gasteiger charge is 2.59. The van der Waals surface area contributed by atoms with Crippen LogP contribution in [0.1, 0.15) is 41.9 Å². The van der Waals surface area contributed by atoms with E-state index in [2.05, 4.69) is 10.3 Å². The molecule has 4 heterocycles. The van der Waals surface area contributed by atoms with Gasteiger partial charge in [0.05, 0.1) is 30.6 Å². The molecule has 1 saturated carbocycles. The van der Waals surface area contributed by atoms with Crippen molar-refractivity contribution in [1.29, 1.82) is 0 Å². The number of aromatic nitrogens is 1. The number of likely N-dealkylation sites (tertiary alicyclic amines) is 2. The number of benzene rings is 1. The molecule has 2 aromatic rings. The van der Waals surface area contributed by atoms with Crippen molar-refractivity contribution in [2.45, 2.75) is 50.7 Å². The largest absolute Gasteiger partial charge is 0.481 e. The maximum Gasteiger partial charge on any atom is 0.338 e. The maximum absolute atomic E-state index is 15.4. The van der Waals surface area contributed by atoms with Crippen LogP contribution in [-0.2, 0) is 14.3 Å². The van der Waals surface area contributed by atoms with Gasteiger partial charge in [-0.25, -0.2) is 22.9 Å². The molecule has 4 aliphatic rings. The summed E-state index contributed by atoms with van der Waals surface area (Å²) in [5, 5.41) is 14.8. The zero-order valence-electron chi connectivity index (χ0n) is 23.2. The number of esters is 1. The molecule has 0 radical (unpaired) electrons. The molecular formula is C29H32F3N5O4S. The van der Waals surface area contributed by atoms with E-state index in [1.165, 1.54) is 17.4 Å². The summed E-state index contributed by atoms with van der Waals surface area (Å²) in [6, 6.07) is 3.13. The van der Waals surface area contributed by atoms with Crippen LogP contribution in [0.25, 0.3) is 0 Å². The van der Waals surface area contributed by atoms with Gasteiger partial charge in [0.15, 0.2) is 10.8 Å². The molecule has 3 aliphatic heterocycles. The standard InChI is InChI=1S/C29H32F3N5O4S/c1-3-41-28(40)23-21(34-25(26-33-7-8-42-26)35-24(23)18-5-4-6-20(30)15(18)2)12-37-14-29(31,32)19-11-36(13-22(19)37)17-9-16(10-17)27(38)39/h4-8,16-17,19,22,24H,3,9-14H2,1-2H3,(H,34,35)(H,38,39)/t16-,17-,19-,22+,24+/m1/s1. The van der Waals surface area contributed by atoms with Crippen LogP contribution in [0.3, 0.4) is 0 Å². The Morgan fingerprint density at radius 2 is 2.05 bits per heavy atom. The van der Waals surface area contributed by atoms with Gasteiger partial charge in [0.2, 0.25) is 0 Å². The van der Waals surface area contributed by atoms with Gasteiger partial charge in [-0.2, -0.15) is 0 Å². The minimum Gasteiger partial charge on any atom is -0.481 e. The molecule has 42 heavy (non-hydrogen) atoms. The van der Waals surface area contributed by atoms with Crippen molar-refractivity contribution in [3.63, 3.8) is 0 Å². The van der Waals surface area contributed by atoms with Gasteiger partial charge < -0.3 is 15.2 Å². The molecular weight excluding hydrogens is 571 g/mol. The maximum atomic E-state index is 15.4. The molecule has 0 spiro atoms. The summed E-state index contributed by atoms with van der Waals surface area (Å²) in [4.78, 5) is 37.6. The first-order chi connectivity index (χ1) is 20.1. The third kappa shape index (κ3) is 5.11. The van der Waals surface area contributed by atoms with Gasteiger partial charge in [0.25, 0.3) is 5.92 Å². The number of carbonyl (C=O) groups excluding carboxylic acids is 1. The topological polar surface area (TPSA) is 107 Å². The molecule has 2 saturated heterocycles. The van der Waals surface area contributed by atoms with E-state index in [0.29, 0.717) is 47.1 Å². The second-order valence-corrected chi connectivity index (χ2v) is 12.3. The van der Waals surface area contributed by atoms with Gasteiger partial charge in [-0.3, -0.25) is 19.6 Å². The van der Waals surface area contributed by atoms with Gasteiger partial charge >= 0.3 is 11.9 Å². The lowest BCUT2D eigenvalue weighted by molar-refractivity contribution is -0.147. The molecule has 1 aromatic heterocycles. The number of aliphatic carboxylic acids is 1.